The smallest absolute Gasteiger partial charge is 0.320 e. The van der Waals surface area contributed by atoms with Crippen LogP contribution in [0.15, 0.2) is 85.2 Å². The molecule has 2 aromatic carbocycles. The molecular weight excluding hydrogens is 424 g/mol. The Morgan fingerprint density at radius 1 is 1.06 bits per heavy atom. The summed E-state index contributed by atoms with van der Waals surface area (Å²) in [6, 6.07) is 19.8. The van der Waals surface area contributed by atoms with Gasteiger partial charge in [0.05, 0.1) is 11.9 Å². The molecule has 1 aliphatic rings. The van der Waals surface area contributed by atoms with Crippen LogP contribution < -0.4 is 10.6 Å². The van der Waals surface area contributed by atoms with Crippen LogP contribution in [0.25, 0.3) is 16.9 Å². The van der Waals surface area contributed by atoms with Gasteiger partial charge in [-0.3, -0.25) is 10.00 Å². The number of aromatic nitrogens is 4. The molecule has 2 atom stereocenters. The Labute approximate surface area is 199 Å². The van der Waals surface area contributed by atoms with E-state index in [1.165, 1.54) is 5.56 Å². The Hall–Kier alpha value is -4.13. The molecule has 0 saturated heterocycles. The van der Waals surface area contributed by atoms with Crippen LogP contribution in [0, 0.1) is 6.92 Å². The van der Waals surface area contributed by atoms with E-state index in [4.69, 9.17) is 5.10 Å². The molecule has 1 saturated carbocycles. The summed E-state index contributed by atoms with van der Waals surface area (Å²) >= 11 is 0. The quantitative estimate of drug-likeness (QED) is 0.408. The summed E-state index contributed by atoms with van der Waals surface area (Å²) in [6.07, 6.45) is 5.35. The van der Waals surface area contributed by atoms with E-state index in [9.17, 15) is 4.79 Å². The van der Waals surface area contributed by atoms with E-state index < -0.39 is 0 Å². The van der Waals surface area contributed by atoms with E-state index in [0.29, 0.717) is 5.82 Å². The van der Waals surface area contributed by atoms with Crippen molar-refractivity contribution in [1.82, 2.24) is 24.9 Å². The van der Waals surface area contributed by atoms with Gasteiger partial charge in [0.1, 0.15) is 11.5 Å². The van der Waals surface area contributed by atoms with E-state index in [2.05, 4.69) is 34.4 Å². The minimum Gasteiger partial charge on any atom is -0.334 e. The highest BCUT2D eigenvalue weighted by Crippen LogP contribution is 2.37. The molecule has 4 aromatic rings. The maximum atomic E-state index is 13.2. The van der Waals surface area contributed by atoms with Crippen molar-refractivity contribution in [3.8, 4) is 16.9 Å². The van der Waals surface area contributed by atoms with Crippen molar-refractivity contribution in [3.63, 3.8) is 0 Å². The van der Waals surface area contributed by atoms with Gasteiger partial charge in [0, 0.05) is 36.3 Å². The summed E-state index contributed by atoms with van der Waals surface area (Å²) in [5, 5.41) is 15.4. The second kappa shape index (κ2) is 9.02. The number of amides is 2. The molecule has 2 N–H and O–H groups in total. The second-order valence-corrected chi connectivity index (χ2v) is 8.85. The summed E-state index contributed by atoms with van der Waals surface area (Å²) in [5.74, 6) is 0.848. The third-order valence-corrected chi connectivity index (χ3v) is 6.38. The molecule has 2 amide bonds. The van der Waals surface area contributed by atoms with E-state index in [-0.39, 0.29) is 18.0 Å². The molecule has 172 valence electrons. The predicted octanol–water partition coefficient (Wildman–Crippen LogP) is 5.21. The van der Waals surface area contributed by atoms with Gasteiger partial charge >= 0.3 is 6.03 Å². The summed E-state index contributed by atoms with van der Waals surface area (Å²) in [4.78, 5) is 13.2. The van der Waals surface area contributed by atoms with E-state index in [1.807, 2.05) is 68.7 Å². The molecular formula is C27H28N6O. The molecule has 0 aliphatic heterocycles. The molecule has 5 rings (SSSR count). The van der Waals surface area contributed by atoms with Crippen LogP contribution in [0.4, 0.5) is 10.6 Å². The van der Waals surface area contributed by atoms with Gasteiger partial charge in [0.25, 0.3) is 0 Å². The van der Waals surface area contributed by atoms with Gasteiger partial charge in [-0.2, -0.15) is 10.2 Å². The van der Waals surface area contributed by atoms with Gasteiger partial charge in [-0.1, -0.05) is 60.7 Å². The van der Waals surface area contributed by atoms with Crippen molar-refractivity contribution in [2.75, 3.05) is 5.32 Å². The van der Waals surface area contributed by atoms with Gasteiger partial charge in [-0.15, -0.1) is 0 Å². The molecule has 2 heterocycles. The Balaban J connectivity index is 1.43. The van der Waals surface area contributed by atoms with Gasteiger partial charge < -0.3 is 5.32 Å². The highest BCUT2D eigenvalue weighted by atomic mass is 16.2. The number of benzene rings is 2. The SMILES string of the molecule is C=C1CC(c2ccccc2)[C@H](NC(=O)Nc2c(C)c(-c3cnn(C)c3)nn2-c2ccccc2)C1. The Kier molecular flexibility index (Phi) is 5.76. The number of hydrogen-bond donors (Lipinski definition) is 2. The molecule has 1 fully saturated rings. The number of carbonyl (C=O) groups excluding carboxylic acids is 1. The van der Waals surface area contributed by atoms with Crippen molar-refractivity contribution in [2.24, 2.45) is 7.05 Å². The third-order valence-electron chi connectivity index (χ3n) is 6.38. The summed E-state index contributed by atoms with van der Waals surface area (Å²) < 4.78 is 3.52. The fraction of sp³-hybridized carbons (Fsp3) is 0.222. The zero-order chi connectivity index (χ0) is 23.7. The lowest BCUT2D eigenvalue weighted by molar-refractivity contribution is 0.247. The van der Waals surface area contributed by atoms with Crippen LogP contribution in [-0.2, 0) is 7.05 Å². The van der Waals surface area contributed by atoms with Crippen LogP contribution >= 0.6 is 0 Å². The van der Waals surface area contributed by atoms with E-state index >= 15 is 0 Å². The van der Waals surface area contributed by atoms with Gasteiger partial charge in [-0.05, 0) is 37.5 Å². The van der Waals surface area contributed by atoms with Crippen molar-refractivity contribution in [2.45, 2.75) is 31.7 Å². The molecule has 1 unspecified atom stereocenters. The van der Waals surface area contributed by atoms with Crippen molar-refractivity contribution < 1.29 is 4.79 Å². The number of hydrogen-bond acceptors (Lipinski definition) is 3. The van der Waals surface area contributed by atoms with Crippen molar-refractivity contribution in [3.05, 3.63) is 96.3 Å². The number of aryl methyl sites for hydroxylation is 1. The van der Waals surface area contributed by atoms with E-state index in [1.54, 1.807) is 15.6 Å². The number of nitrogens with one attached hydrogen (secondary N) is 2. The Morgan fingerprint density at radius 3 is 2.44 bits per heavy atom. The standard InChI is InChI=1S/C27H28N6O/c1-18-14-23(20-10-6-4-7-11-20)24(15-18)29-27(34)30-26-19(2)25(21-16-28-32(3)17-21)31-33(26)22-12-8-5-9-13-22/h4-13,16-17,23-24H,1,14-15H2,2-3H3,(H2,29,30,34)/t23?,24-/m1/s1. The van der Waals surface area contributed by atoms with Crippen molar-refractivity contribution >= 4 is 11.8 Å². The van der Waals surface area contributed by atoms with Crippen LogP contribution in [0.3, 0.4) is 0 Å². The molecule has 7 heteroatoms. The summed E-state index contributed by atoms with van der Waals surface area (Å²) in [5.41, 5.74) is 5.80. The zero-order valence-corrected chi connectivity index (χ0v) is 19.4. The number of carbonyl (C=O) groups is 1. The second-order valence-electron chi connectivity index (χ2n) is 8.85. The third kappa shape index (κ3) is 4.24. The average Bonchev–Trinajstić information content (AvgIpc) is 3.52. The summed E-state index contributed by atoms with van der Waals surface area (Å²) in [6.45, 7) is 6.15. The number of nitrogens with zero attached hydrogens (tertiary/aromatic N) is 4. The van der Waals surface area contributed by atoms with Gasteiger partial charge in [0.2, 0.25) is 0 Å². The minimum atomic E-state index is -0.251. The lowest BCUT2D eigenvalue weighted by atomic mass is 9.94. The molecule has 0 spiro atoms. The monoisotopic (exact) mass is 452 g/mol. The first-order valence-corrected chi connectivity index (χ1v) is 11.4. The molecule has 34 heavy (non-hydrogen) atoms. The maximum Gasteiger partial charge on any atom is 0.320 e. The first kappa shape index (κ1) is 21.7. The topological polar surface area (TPSA) is 76.8 Å². The number of rotatable bonds is 5. The largest absolute Gasteiger partial charge is 0.334 e. The van der Waals surface area contributed by atoms with Crippen LogP contribution in [-0.4, -0.2) is 31.6 Å². The lowest BCUT2D eigenvalue weighted by Crippen LogP contribution is -2.39. The molecule has 2 aromatic heterocycles. The van der Waals surface area contributed by atoms with Crippen LogP contribution in [0.1, 0.15) is 29.9 Å². The minimum absolute atomic E-state index is 0.0129. The first-order valence-electron chi connectivity index (χ1n) is 11.4. The van der Waals surface area contributed by atoms with Gasteiger partial charge in [0.15, 0.2) is 0 Å². The van der Waals surface area contributed by atoms with Crippen molar-refractivity contribution in [1.29, 1.82) is 0 Å². The lowest BCUT2D eigenvalue weighted by Gasteiger charge is -2.21. The van der Waals surface area contributed by atoms with Crippen LogP contribution in [0.2, 0.25) is 0 Å². The Morgan fingerprint density at radius 2 is 1.76 bits per heavy atom. The number of urea groups is 1. The van der Waals surface area contributed by atoms with E-state index in [0.717, 1.165) is 40.9 Å². The fourth-order valence-electron chi connectivity index (χ4n) is 4.72. The fourth-order valence-corrected chi connectivity index (χ4v) is 4.72. The zero-order valence-electron chi connectivity index (χ0n) is 19.4. The average molecular weight is 453 g/mol. The first-order chi connectivity index (χ1) is 16.5. The normalized spacial score (nSPS) is 17.6. The maximum absolute atomic E-state index is 13.2. The number of anilines is 1. The molecule has 1 aliphatic carbocycles. The molecule has 0 radical (unpaired) electrons. The Bertz CT molecular complexity index is 1320. The summed E-state index contributed by atoms with van der Waals surface area (Å²) in [7, 11) is 1.87. The van der Waals surface area contributed by atoms with Crippen LogP contribution in [0.5, 0.6) is 0 Å². The number of para-hydroxylation sites is 1. The van der Waals surface area contributed by atoms with Gasteiger partial charge in [-0.25, -0.2) is 9.48 Å². The predicted molar refractivity (Wildman–Crippen MR) is 134 cm³/mol. The molecule has 0 bridgehead atoms. The highest BCUT2D eigenvalue weighted by molar-refractivity contribution is 5.91. The highest BCUT2D eigenvalue weighted by Gasteiger charge is 2.32. The molecule has 7 nitrogen and oxygen atoms in total.